The Bertz CT molecular complexity index is 1090. The van der Waals surface area contributed by atoms with Crippen molar-refractivity contribution < 1.29 is 8.83 Å². The number of aryl methyl sites for hydroxylation is 1. The second kappa shape index (κ2) is 7.20. The van der Waals surface area contributed by atoms with Gasteiger partial charge in [-0.1, -0.05) is 56.5 Å². The molecular formula is C23H22O3. The zero-order valence-electron chi connectivity index (χ0n) is 15.0. The molecule has 2 aromatic heterocycles. The molecule has 0 spiro atoms. The highest BCUT2D eigenvalue weighted by molar-refractivity contribution is 6.07. The number of hydrogen-bond donors (Lipinski definition) is 0. The van der Waals surface area contributed by atoms with E-state index >= 15 is 0 Å². The molecule has 0 amide bonds. The zero-order chi connectivity index (χ0) is 17.9. The Kier molecular flexibility index (Phi) is 4.61. The van der Waals surface area contributed by atoms with Crippen LogP contribution in [0.5, 0.6) is 0 Å². The molecule has 0 fully saturated rings. The summed E-state index contributed by atoms with van der Waals surface area (Å²) in [5, 5.41) is 1.81. The topological polar surface area (TPSA) is 43.4 Å². The Labute approximate surface area is 152 Å². The van der Waals surface area contributed by atoms with Gasteiger partial charge in [-0.25, -0.2) is 4.79 Å². The molecule has 0 radical (unpaired) electrons. The number of benzene rings is 2. The van der Waals surface area contributed by atoms with E-state index in [0.29, 0.717) is 5.58 Å². The minimum Gasteiger partial charge on any atom is -0.461 e. The maximum Gasteiger partial charge on any atom is 0.336 e. The van der Waals surface area contributed by atoms with E-state index in [9.17, 15) is 4.79 Å². The van der Waals surface area contributed by atoms with Crippen LogP contribution in [0.4, 0.5) is 0 Å². The standard InChI is InChI=1S/C23H22O3/c1-2-3-4-8-11-17-14-20-21(25-17)13-12-18-19(15-22(24)26-23(18)20)16-9-6-5-7-10-16/h5-7,9-10,12-15H,2-4,8,11H2,1H3. The minimum absolute atomic E-state index is 0.338. The van der Waals surface area contributed by atoms with E-state index < -0.39 is 0 Å². The molecule has 2 aromatic carbocycles. The molecule has 0 unspecified atom stereocenters. The number of rotatable bonds is 6. The number of furan rings is 1. The summed E-state index contributed by atoms with van der Waals surface area (Å²) >= 11 is 0. The van der Waals surface area contributed by atoms with Gasteiger partial charge in [0, 0.05) is 17.9 Å². The van der Waals surface area contributed by atoms with Gasteiger partial charge < -0.3 is 8.83 Å². The first-order valence-corrected chi connectivity index (χ1v) is 9.31. The first kappa shape index (κ1) is 16.6. The molecule has 0 saturated carbocycles. The largest absolute Gasteiger partial charge is 0.461 e. The number of fused-ring (bicyclic) bond motifs is 3. The number of hydrogen-bond acceptors (Lipinski definition) is 3. The molecule has 0 aliphatic rings. The van der Waals surface area contributed by atoms with Gasteiger partial charge in [0.15, 0.2) is 0 Å². The van der Waals surface area contributed by atoms with Gasteiger partial charge >= 0.3 is 5.63 Å². The van der Waals surface area contributed by atoms with Crippen LogP contribution >= 0.6 is 0 Å². The summed E-state index contributed by atoms with van der Waals surface area (Å²) in [6.45, 7) is 2.21. The van der Waals surface area contributed by atoms with Crippen molar-refractivity contribution in [1.29, 1.82) is 0 Å². The smallest absolute Gasteiger partial charge is 0.336 e. The second-order valence-corrected chi connectivity index (χ2v) is 6.72. The lowest BCUT2D eigenvalue weighted by molar-refractivity contribution is 0.527. The third kappa shape index (κ3) is 3.17. The Morgan fingerprint density at radius 3 is 2.50 bits per heavy atom. The van der Waals surface area contributed by atoms with Crippen LogP contribution in [-0.2, 0) is 6.42 Å². The van der Waals surface area contributed by atoms with Crippen LogP contribution in [0.1, 0.15) is 38.4 Å². The monoisotopic (exact) mass is 346 g/mol. The SMILES string of the molecule is CCCCCCc1cc2c(ccc3c(-c4ccccc4)cc(=O)oc32)o1. The second-order valence-electron chi connectivity index (χ2n) is 6.72. The van der Waals surface area contributed by atoms with E-state index in [1.54, 1.807) is 6.07 Å². The van der Waals surface area contributed by atoms with E-state index in [4.69, 9.17) is 8.83 Å². The lowest BCUT2D eigenvalue weighted by Crippen LogP contribution is -1.98. The van der Waals surface area contributed by atoms with Crippen LogP contribution < -0.4 is 5.63 Å². The van der Waals surface area contributed by atoms with E-state index in [-0.39, 0.29) is 5.63 Å². The Hall–Kier alpha value is -2.81. The quantitative estimate of drug-likeness (QED) is 0.303. The van der Waals surface area contributed by atoms with Gasteiger partial charge in [-0.15, -0.1) is 0 Å². The lowest BCUT2D eigenvalue weighted by atomic mass is 10.0. The van der Waals surface area contributed by atoms with Gasteiger partial charge in [-0.3, -0.25) is 0 Å². The van der Waals surface area contributed by atoms with E-state index in [1.807, 2.05) is 48.5 Å². The molecule has 2 heterocycles. The van der Waals surface area contributed by atoms with Crippen LogP contribution in [0.25, 0.3) is 33.1 Å². The van der Waals surface area contributed by atoms with Crippen molar-refractivity contribution in [2.75, 3.05) is 0 Å². The van der Waals surface area contributed by atoms with Crippen molar-refractivity contribution >= 4 is 21.9 Å². The average molecular weight is 346 g/mol. The third-order valence-electron chi connectivity index (χ3n) is 4.82. The lowest BCUT2D eigenvalue weighted by Gasteiger charge is -2.05. The highest BCUT2D eigenvalue weighted by Gasteiger charge is 2.14. The van der Waals surface area contributed by atoms with Crippen LogP contribution in [0.2, 0.25) is 0 Å². The predicted molar refractivity (Wildman–Crippen MR) is 106 cm³/mol. The molecule has 132 valence electrons. The third-order valence-corrected chi connectivity index (χ3v) is 4.82. The fourth-order valence-electron chi connectivity index (χ4n) is 3.49. The van der Waals surface area contributed by atoms with Crippen molar-refractivity contribution in [1.82, 2.24) is 0 Å². The maximum absolute atomic E-state index is 12.2. The summed E-state index contributed by atoms with van der Waals surface area (Å²) in [5.41, 5.74) is 2.95. The van der Waals surface area contributed by atoms with Gasteiger partial charge in [-0.05, 0) is 35.7 Å². The van der Waals surface area contributed by atoms with Crippen LogP contribution in [0.15, 0.2) is 68.2 Å². The molecule has 3 heteroatoms. The predicted octanol–water partition coefficient (Wildman–Crippen LogP) is 6.33. The zero-order valence-corrected chi connectivity index (χ0v) is 15.0. The first-order chi connectivity index (χ1) is 12.8. The Morgan fingerprint density at radius 2 is 1.69 bits per heavy atom. The van der Waals surface area contributed by atoms with Crippen LogP contribution in [0, 0.1) is 0 Å². The Balaban J connectivity index is 1.81. The molecule has 4 rings (SSSR count). The fraction of sp³-hybridized carbons (Fsp3) is 0.261. The van der Waals surface area contributed by atoms with Gasteiger partial charge in [0.05, 0.1) is 5.39 Å². The van der Waals surface area contributed by atoms with Gasteiger partial charge in [-0.2, -0.15) is 0 Å². The van der Waals surface area contributed by atoms with Gasteiger partial charge in [0.1, 0.15) is 16.9 Å². The van der Waals surface area contributed by atoms with E-state index in [1.165, 1.54) is 19.3 Å². The summed E-state index contributed by atoms with van der Waals surface area (Å²) in [7, 11) is 0. The Morgan fingerprint density at radius 1 is 0.846 bits per heavy atom. The molecule has 0 saturated heterocycles. The number of unbranched alkanes of at least 4 members (excludes halogenated alkanes) is 3. The molecular weight excluding hydrogens is 324 g/mol. The molecule has 26 heavy (non-hydrogen) atoms. The van der Waals surface area contributed by atoms with Crippen molar-refractivity contribution in [2.45, 2.75) is 39.0 Å². The first-order valence-electron chi connectivity index (χ1n) is 9.31. The molecule has 3 nitrogen and oxygen atoms in total. The summed E-state index contributed by atoms with van der Waals surface area (Å²) in [4.78, 5) is 12.2. The van der Waals surface area contributed by atoms with Crippen LogP contribution in [-0.4, -0.2) is 0 Å². The normalized spacial score (nSPS) is 11.4. The molecule has 0 aliphatic heterocycles. The average Bonchev–Trinajstić information content (AvgIpc) is 3.09. The molecule has 0 bridgehead atoms. The fourth-order valence-corrected chi connectivity index (χ4v) is 3.49. The van der Waals surface area contributed by atoms with E-state index in [2.05, 4.69) is 6.92 Å². The van der Waals surface area contributed by atoms with Crippen molar-refractivity contribution in [3.63, 3.8) is 0 Å². The molecule has 4 aromatic rings. The van der Waals surface area contributed by atoms with Gasteiger partial charge in [0.2, 0.25) is 0 Å². The molecule has 0 atom stereocenters. The van der Waals surface area contributed by atoms with Crippen molar-refractivity contribution in [3.05, 3.63) is 70.8 Å². The van der Waals surface area contributed by atoms with Crippen LogP contribution in [0.3, 0.4) is 0 Å². The summed E-state index contributed by atoms with van der Waals surface area (Å²) in [6.07, 6.45) is 5.71. The van der Waals surface area contributed by atoms with E-state index in [0.717, 1.165) is 46.1 Å². The highest BCUT2D eigenvalue weighted by atomic mass is 16.4. The minimum atomic E-state index is -0.338. The molecule has 0 aliphatic carbocycles. The highest BCUT2D eigenvalue weighted by Crippen LogP contribution is 2.33. The molecule has 0 N–H and O–H groups in total. The van der Waals surface area contributed by atoms with Crippen molar-refractivity contribution in [3.8, 4) is 11.1 Å². The summed E-state index contributed by atoms with van der Waals surface area (Å²) in [6, 6.07) is 17.5. The summed E-state index contributed by atoms with van der Waals surface area (Å²) in [5.74, 6) is 0.955. The van der Waals surface area contributed by atoms with Gasteiger partial charge in [0.25, 0.3) is 0 Å². The summed E-state index contributed by atoms with van der Waals surface area (Å²) < 4.78 is 11.6. The maximum atomic E-state index is 12.2. The van der Waals surface area contributed by atoms with Crippen molar-refractivity contribution in [2.24, 2.45) is 0 Å².